The zero-order valence-electron chi connectivity index (χ0n) is 11.6. The number of rotatable bonds is 0. The molecular formula is C15H11N3O2S2. The number of guanidine groups is 1. The largest absolute Gasteiger partial charge is 0.368 e. The molecule has 4 rings (SSSR count). The normalized spacial score (nSPS) is 22.4. The summed E-state index contributed by atoms with van der Waals surface area (Å²) in [7, 11) is 0. The first-order valence-electron chi connectivity index (χ1n) is 6.69. The first kappa shape index (κ1) is 13.8. The van der Waals surface area contributed by atoms with Crippen molar-refractivity contribution in [1.29, 1.82) is 0 Å². The van der Waals surface area contributed by atoms with Crippen LogP contribution in [0.3, 0.4) is 0 Å². The van der Waals surface area contributed by atoms with E-state index in [1.807, 2.05) is 6.92 Å². The first-order valence-corrected chi connectivity index (χ1v) is 8.33. The van der Waals surface area contributed by atoms with E-state index in [-0.39, 0.29) is 17.5 Å². The molecule has 2 N–H and O–H groups in total. The lowest BCUT2D eigenvalue weighted by molar-refractivity contribution is 0.0988. The second-order valence-corrected chi connectivity index (χ2v) is 8.11. The van der Waals surface area contributed by atoms with Gasteiger partial charge in [-0.15, -0.1) is 0 Å². The van der Waals surface area contributed by atoms with Gasteiger partial charge in [0, 0.05) is 23.3 Å². The van der Waals surface area contributed by atoms with Crippen molar-refractivity contribution in [3.8, 4) is 0 Å². The Bertz CT molecular complexity index is 792. The van der Waals surface area contributed by atoms with Gasteiger partial charge in [-0.2, -0.15) is 0 Å². The highest BCUT2D eigenvalue weighted by atomic mass is 32.2. The van der Waals surface area contributed by atoms with Gasteiger partial charge in [0.05, 0.1) is 9.81 Å². The Hall–Kier alpha value is -1.86. The fraction of sp³-hybridized carbons (Fsp3) is 0.200. The molecule has 1 aromatic rings. The Morgan fingerprint density at radius 1 is 1.09 bits per heavy atom. The number of carbonyl (C=O) groups excluding carboxylic acids is 2. The van der Waals surface area contributed by atoms with Crippen LogP contribution in [0.25, 0.3) is 0 Å². The number of aliphatic imine (C=N–C) groups is 2. The molecule has 2 aliphatic heterocycles. The van der Waals surface area contributed by atoms with Crippen LogP contribution >= 0.6 is 23.5 Å². The van der Waals surface area contributed by atoms with E-state index in [0.717, 1.165) is 5.71 Å². The summed E-state index contributed by atoms with van der Waals surface area (Å²) < 4.78 is -0.673. The van der Waals surface area contributed by atoms with Gasteiger partial charge in [0.15, 0.2) is 4.20 Å². The summed E-state index contributed by atoms with van der Waals surface area (Å²) in [6, 6.07) is 6.93. The Balaban J connectivity index is 1.78. The van der Waals surface area contributed by atoms with Crippen molar-refractivity contribution in [1.82, 2.24) is 0 Å². The molecular weight excluding hydrogens is 318 g/mol. The van der Waals surface area contributed by atoms with E-state index in [2.05, 4.69) is 9.98 Å². The van der Waals surface area contributed by atoms with Crippen LogP contribution in [-0.2, 0) is 0 Å². The number of ketones is 2. The van der Waals surface area contributed by atoms with Gasteiger partial charge in [-0.3, -0.25) is 9.59 Å². The smallest absolute Gasteiger partial charge is 0.217 e. The minimum atomic E-state index is -0.673. The van der Waals surface area contributed by atoms with Crippen molar-refractivity contribution in [3.63, 3.8) is 0 Å². The van der Waals surface area contributed by atoms with Crippen LogP contribution in [0.5, 0.6) is 0 Å². The van der Waals surface area contributed by atoms with E-state index in [0.29, 0.717) is 27.4 Å². The standard InChI is InChI=1S/C15H11N3O2S2/c1-7-6-15(18-14(16)17-7)21-12-10(19)8-4-2-3-5-9(8)11(20)13(12)22-15/h2-5H,6H2,1H3,(H2,16,18). The predicted octanol–water partition coefficient (Wildman–Crippen LogP) is 2.59. The minimum absolute atomic E-state index is 0.103. The van der Waals surface area contributed by atoms with Crippen LogP contribution in [0.2, 0.25) is 0 Å². The van der Waals surface area contributed by atoms with E-state index in [4.69, 9.17) is 5.73 Å². The molecule has 2 heterocycles. The molecule has 0 bridgehead atoms. The number of allylic oxidation sites excluding steroid dienone is 2. The lowest BCUT2D eigenvalue weighted by Gasteiger charge is -2.26. The molecule has 1 aliphatic carbocycles. The number of hydrogen-bond donors (Lipinski definition) is 1. The molecule has 0 aromatic heterocycles. The van der Waals surface area contributed by atoms with Crippen molar-refractivity contribution < 1.29 is 9.59 Å². The minimum Gasteiger partial charge on any atom is -0.368 e. The van der Waals surface area contributed by atoms with Crippen LogP contribution in [0.4, 0.5) is 0 Å². The topological polar surface area (TPSA) is 84.9 Å². The Morgan fingerprint density at radius 2 is 1.64 bits per heavy atom. The fourth-order valence-corrected chi connectivity index (χ4v) is 5.94. The zero-order chi connectivity index (χ0) is 15.5. The molecule has 0 saturated heterocycles. The molecule has 0 saturated carbocycles. The third kappa shape index (κ3) is 1.89. The SMILES string of the molecule is CC1=NC(N)=NC2(C1)SC1=C(S2)C(=O)c2ccccc2C1=O. The molecule has 22 heavy (non-hydrogen) atoms. The van der Waals surface area contributed by atoms with Crippen LogP contribution in [0.1, 0.15) is 34.1 Å². The molecule has 7 heteroatoms. The van der Waals surface area contributed by atoms with Gasteiger partial charge in [-0.1, -0.05) is 47.8 Å². The number of hydrogen-bond acceptors (Lipinski definition) is 7. The van der Waals surface area contributed by atoms with Crippen molar-refractivity contribution >= 4 is 46.8 Å². The predicted molar refractivity (Wildman–Crippen MR) is 89.4 cm³/mol. The van der Waals surface area contributed by atoms with Crippen molar-refractivity contribution in [3.05, 3.63) is 45.2 Å². The van der Waals surface area contributed by atoms with Crippen LogP contribution < -0.4 is 5.73 Å². The molecule has 0 atom stereocenters. The van der Waals surface area contributed by atoms with E-state index in [1.165, 1.54) is 23.5 Å². The lowest BCUT2D eigenvalue weighted by atomic mass is 9.94. The van der Waals surface area contributed by atoms with Crippen molar-refractivity contribution in [2.45, 2.75) is 17.5 Å². The lowest BCUT2D eigenvalue weighted by Crippen LogP contribution is -2.29. The second-order valence-electron chi connectivity index (χ2n) is 5.27. The monoisotopic (exact) mass is 329 g/mol. The second kappa shape index (κ2) is 4.57. The molecule has 5 nitrogen and oxygen atoms in total. The summed E-state index contributed by atoms with van der Waals surface area (Å²) in [6.07, 6.45) is 0.562. The maximum absolute atomic E-state index is 12.7. The summed E-state index contributed by atoms with van der Waals surface area (Å²) in [5.74, 6) is -0.0111. The zero-order valence-corrected chi connectivity index (χ0v) is 13.3. The van der Waals surface area contributed by atoms with Gasteiger partial charge >= 0.3 is 0 Å². The van der Waals surface area contributed by atoms with Gasteiger partial charge < -0.3 is 5.73 Å². The van der Waals surface area contributed by atoms with E-state index < -0.39 is 4.20 Å². The molecule has 0 amide bonds. The molecule has 0 unspecified atom stereocenters. The average Bonchev–Trinajstić information content (AvgIpc) is 2.82. The van der Waals surface area contributed by atoms with Gasteiger partial charge in [0.2, 0.25) is 17.5 Å². The summed E-state index contributed by atoms with van der Waals surface area (Å²) in [4.78, 5) is 34.9. The molecule has 1 aromatic carbocycles. The summed E-state index contributed by atoms with van der Waals surface area (Å²) in [5, 5.41) is 0. The number of benzene rings is 1. The van der Waals surface area contributed by atoms with Gasteiger partial charge in [-0.05, 0) is 6.92 Å². The summed E-state index contributed by atoms with van der Waals surface area (Å²) in [5.41, 5.74) is 7.56. The van der Waals surface area contributed by atoms with Gasteiger partial charge in [0.25, 0.3) is 0 Å². The number of Topliss-reactive ketones (excluding diaryl/α,β-unsaturated/α-hetero) is 2. The highest BCUT2D eigenvalue weighted by Gasteiger charge is 2.49. The molecule has 1 spiro atoms. The first-order chi connectivity index (χ1) is 10.5. The molecule has 110 valence electrons. The average molecular weight is 329 g/mol. The highest BCUT2D eigenvalue weighted by molar-refractivity contribution is 8.25. The van der Waals surface area contributed by atoms with Gasteiger partial charge in [0.1, 0.15) is 0 Å². The molecule has 3 aliphatic rings. The van der Waals surface area contributed by atoms with Gasteiger partial charge in [-0.25, -0.2) is 9.98 Å². The Kier molecular flexibility index (Phi) is 2.86. The summed E-state index contributed by atoms with van der Waals surface area (Å²) in [6.45, 7) is 1.88. The quantitative estimate of drug-likeness (QED) is 0.791. The van der Waals surface area contributed by atoms with Crippen molar-refractivity contribution in [2.24, 2.45) is 15.7 Å². The van der Waals surface area contributed by atoms with E-state index >= 15 is 0 Å². The van der Waals surface area contributed by atoms with Crippen molar-refractivity contribution in [2.75, 3.05) is 0 Å². The highest BCUT2D eigenvalue weighted by Crippen LogP contribution is 2.60. The maximum Gasteiger partial charge on any atom is 0.217 e. The Morgan fingerprint density at radius 3 is 2.14 bits per heavy atom. The number of carbonyl (C=O) groups is 2. The molecule has 0 fully saturated rings. The number of thioether (sulfide) groups is 2. The van der Waals surface area contributed by atoms with E-state index in [9.17, 15) is 9.59 Å². The Labute approximate surface area is 135 Å². The fourth-order valence-electron chi connectivity index (χ4n) is 2.77. The van der Waals surface area contributed by atoms with Crippen LogP contribution in [-0.4, -0.2) is 27.4 Å². The number of fused-ring (bicyclic) bond motifs is 1. The number of nitrogens with two attached hydrogens (primary N) is 1. The van der Waals surface area contributed by atoms with Crippen LogP contribution in [0.15, 0.2) is 44.1 Å². The maximum atomic E-state index is 12.7. The summed E-state index contributed by atoms with van der Waals surface area (Å²) >= 11 is 2.65. The van der Waals surface area contributed by atoms with Crippen LogP contribution in [0, 0.1) is 0 Å². The van der Waals surface area contributed by atoms with E-state index in [1.54, 1.807) is 24.3 Å². The molecule has 0 radical (unpaired) electrons. The third-order valence-electron chi connectivity index (χ3n) is 3.63. The number of nitrogens with zero attached hydrogens (tertiary/aromatic N) is 2. The third-order valence-corrected chi connectivity index (χ3v) is 6.55.